The Morgan fingerprint density at radius 3 is 2.64 bits per heavy atom. The third kappa shape index (κ3) is 1.71. The molecule has 2 unspecified atom stereocenters. The van der Waals surface area contributed by atoms with Crippen molar-refractivity contribution in [3.05, 3.63) is 0 Å². The fourth-order valence-electron chi connectivity index (χ4n) is 1.50. The molecule has 1 heterocycles. The molecule has 0 aromatic rings. The maximum Gasteiger partial charge on any atom is 0.219 e. The molecule has 0 spiro atoms. The van der Waals surface area contributed by atoms with Crippen molar-refractivity contribution in [3.63, 3.8) is 0 Å². The number of nitrogens with zero attached hydrogens (tertiary/aromatic N) is 1. The van der Waals surface area contributed by atoms with Crippen LogP contribution in [0, 0.1) is 0 Å². The summed E-state index contributed by atoms with van der Waals surface area (Å²) < 4.78 is 0. The van der Waals surface area contributed by atoms with Crippen LogP contribution in [-0.2, 0) is 4.79 Å². The summed E-state index contributed by atoms with van der Waals surface area (Å²) in [6, 6.07) is 0.758. The van der Waals surface area contributed by atoms with E-state index in [4.69, 9.17) is 0 Å². The van der Waals surface area contributed by atoms with Crippen molar-refractivity contribution in [2.45, 2.75) is 32.9 Å². The molecule has 0 aromatic heterocycles. The molecule has 11 heavy (non-hydrogen) atoms. The lowest BCUT2D eigenvalue weighted by Crippen LogP contribution is -2.56. The SMILES string of the molecule is CC(=O)N1CCNC(C)C1C. The molecule has 1 amide bonds. The van der Waals surface area contributed by atoms with Gasteiger partial charge in [0.05, 0.1) is 0 Å². The van der Waals surface area contributed by atoms with Crippen LogP contribution in [0.4, 0.5) is 0 Å². The van der Waals surface area contributed by atoms with Crippen LogP contribution in [0.5, 0.6) is 0 Å². The van der Waals surface area contributed by atoms with Gasteiger partial charge < -0.3 is 10.2 Å². The lowest BCUT2D eigenvalue weighted by molar-refractivity contribution is -0.132. The molecule has 2 atom stereocenters. The quantitative estimate of drug-likeness (QED) is 0.544. The van der Waals surface area contributed by atoms with Crippen molar-refractivity contribution in [3.8, 4) is 0 Å². The summed E-state index contributed by atoms with van der Waals surface area (Å²) in [6.45, 7) is 7.60. The predicted octanol–water partition coefficient (Wildman–Crippen LogP) is 0.215. The summed E-state index contributed by atoms with van der Waals surface area (Å²) >= 11 is 0. The lowest BCUT2D eigenvalue weighted by Gasteiger charge is -2.37. The van der Waals surface area contributed by atoms with Gasteiger partial charge in [0.1, 0.15) is 0 Å². The van der Waals surface area contributed by atoms with Crippen molar-refractivity contribution >= 4 is 5.91 Å². The Morgan fingerprint density at radius 1 is 1.55 bits per heavy atom. The Kier molecular flexibility index (Phi) is 2.49. The van der Waals surface area contributed by atoms with Gasteiger partial charge in [-0.3, -0.25) is 4.79 Å². The third-order valence-electron chi connectivity index (χ3n) is 2.44. The zero-order valence-electron chi connectivity index (χ0n) is 7.42. The van der Waals surface area contributed by atoms with Gasteiger partial charge in [-0.25, -0.2) is 0 Å². The Bertz CT molecular complexity index is 158. The standard InChI is InChI=1S/C8H16N2O/c1-6-7(2)10(8(3)11)5-4-9-6/h6-7,9H,4-5H2,1-3H3. The lowest BCUT2D eigenvalue weighted by atomic mass is 10.1. The minimum Gasteiger partial charge on any atom is -0.337 e. The Balaban J connectivity index is 2.58. The topological polar surface area (TPSA) is 32.3 Å². The summed E-state index contributed by atoms with van der Waals surface area (Å²) in [7, 11) is 0. The van der Waals surface area contributed by atoms with E-state index in [0.717, 1.165) is 13.1 Å². The highest BCUT2D eigenvalue weighted by Crippen LogP contribution is 2.08. The first-order valence-corrected chi connectivity index (χ1v) is 4.13. The minimum atomic E-state index is 0.186. The first kappa shape index (κ1) is 8.53. The van der Waals surface area contributed by atoms with Crippen molar-refractivity contribution in [2.24, 2.45) is 0 Å². The Labute approximate surface area is 67.8 Å². The summed E-state index contributed by atoms with van der Waals surface area (Å²) in [5.41, 5.74) is 0. The molecule has 3 nitrogen and oxygen atoms in total. The van der Waals surface area contributed by atoms with E-state index in [1.165, 1.54) is 0 Å². The van der Waals surface area contributed by atoms with Crippen molar-refractivity contribution < 1.29 is 4.79 Å². The second-order valence-corrected chi connectivity index (χ2v) is 3.20. The second kappa shape index (κ2) is 3.22. The van der Waals surface area contributed by atoms with E-state index in [1.807, 2.05) is 4.90 Å². The molecular weight excluding hydrogens is 140 g/mol. The molecule has 0 aromatic carbocycles. The zero-order chi connectivity index (χ0) is 8.43. The number of hydrogen-bond donors (Lipinski definition) is 1. The van der Waals surface area contributed by atoms with Crippen molar-refractivity contribution in [2.75, 3.05) is 13.1 Å². The number of hydrogen-bond acceptors (Lipinski definition) is 2. The van der Waals surface area contributed by atoms with E-state index >= 15 is 0 Å². The molecule has 0 aliphatic carbocycles. The summed E-state index contributed by atoms with van der Waals surface area (Å²) in [5.74, 6) is 0.186. The number of carbonyl (C=O) groups excluding carboxylic acids is 1. The van der Waals surface area contributed by atoms with Crippen LogP contribution in [0.15, 0.2) is 0 Å². The molecule has 1 aliphatic rings. The van der Waals surface area contributed by atoms with Crippen molar-refractivity contribution in [1.29, 1.82) is 0 Å². The second-order valence-electron chi connectivity index (χ2n) is 3.20. The first-order valence-electron chi connectivity index (χ1n) is 4.13. The maximum absolute atomic E-state index is 11.1. The van der Waals surface area contributed by atoms with Gasteiger partial charge >= 0.3 is 0 Å². The average molecular weight is 156 g/mol. The van der Waals surface area contributed by atoms with E-state index in [2.05, 4.69) is 19.2 Å². The number of carbonyl (C=O) groups is 1. The number of amides is 1. The highest BCUT2D eigenvalue weighted by molar-refractivity contribution is 5.73. The fourth-order valence-corrected chi connectivity index (χ4v) is 1.50. The largest absolute Gasteiger partial charge is 0.337 e. The molecular formula is C8H16N2O. The fraction of sp³-hybridized carbons (Fsp3) is 0.875. The van der Waals surface area contributed by atoms with Gasteiger partial charge in [-0.15, -0.1) is 0 Å². The van der Waals surface area contributed by atoms with Crippen LogP contribution in [0.1, 0.15) is 20.8 Å². The summed E-state index contributed by atoms with van der Waals surface area (Å²) in [4.78, 5) is 13.0. The van der Waals surface area contributed by atoms with Gasteiger partial charge in [-0.05, 0) is 13.8 Å². The van der Waals surface area contributed by atoms with E-state index in [-0.39, 0.29) is 5.91 Å². The Hall–Kier alpha value is -0.570. The van der Waals surface area contributed by atoms with Crippen LogP contribution < -0.4 is 5.32 Å². The molecule has 1 N–H and O–H groups in total. The molecule has 1 rings (SSSR count). The van der Waals surface area contributed by atoms with Crippen LogP contribution in [0.2, 0.25) is 0 Å². The van der Waals surface area contributed by atoms with Crippen molar-refractivity contribution in [1.82, 2.24) is 10.2 Å². The van der Waals surface area contributed by atoms with Gasteiger partial charge in [0.15, 0.2) is 0 Å². The van der Waals surface area contributed by atoms with Crippen LogP contribution in [0.25, 0.3) is 0 Å². The third-order valence-corrected chi connectivity index (χ3v) is 2.44. The molecule has 1 saturated heterocycles. The Morgan fingerprint density at radius 2 is 2.18 bits per heavy atom. The van der Waals surface area contributed by atoms with E-state index in [0.29, 0.717) is 12.1 Å². The minimum absolute atomic E-state index is 0.186. The number of piperazine rings is 1. The molecule has 0 saturated carbocycles. The summed E-state index contributed by atoms with van der Waals surface area (Å²) in [6.07, 6.45) is 0. The molecule has 0 radical (unpaired) electrons. The van der Waals surface area contributed by atoms with Gasteiger partial charge in [-0.2, -0.15) is 0 Å². The molecule has 1 fully saturated rings. The van der Waals surface area contributed by atoms with E-state index in [1.54, 1.807) is 6.92 Å². The highest BCUT2D eigenvalue weighted by Gasteiger charge is 2.25. The smallest absolute Gasteiger partial charge is 0.219 e. The normalized spacial score (nSPS) is 32.1. The monoisotopic (exact) mass is 156 g/mol. The van der Waals surface area contributed by atoms with Gasteiger partial charge in [0.2, 0.25) is 5.91 Å². The molecule has 3 heteroatoms. The molecule has 64 valence electrons. The van der Waals surface area contributed by atoms with Crippen LogP contribution in [0.3, 0.4) is 0 Å². The molecule has 0 bridgehead atoms. The highest BCUT2D eigenvalue weighted by atomic mass is 16.2. The number of nitrogens with one attached hydrogen (secondary N) is 1. The average Bonchev–Trinajstić information content (AvgIpc) is 1.94. The van der Waals surface area contributed by atoms with Crippen LogP contribution in [-0.4, -0.2) is 36.0 Å². The predicted molar refractivity (Wildman–Crippen MR) is 44.3 cm³/mol. The summed E-state index contributed by atoms with van der Waals surface area (Å²) in [5, 5.41) is 3.32. The molecule has 1 aliphatic heterocycles. The maximum atomic E-state index is 11.1. The van der Waals surface area contributed by atoms with Gasteiger partial charge in [0, 0.05) is 32.1 Å². The first-order chi connectivity index (χ1) is 5.13. The van der Waals surface area contributed by atoms with Crippen LogP contribution >= 0.6 is 0 Å². The number of rotatable bonds is 0. The zero-order valence-corrected chi connectivity index (χ0v) is 7.42. The van der Waals surface area contributed by atoms with E-state index < -0.39 is 0 Å². The van der Waals surface area contributed by atoms with Gasteiger partial charge in [0.25, 0.3) is 0 Å². The van der Waals surface area contributed by atoms with Gasteiger partial charge in [-0.1, -0.05) is 0 Å². The van der Waals surface area contributed by atoms with E-state index in [9.17, 15) is 4.79 Å².